The molecule has 2 rings (SSSR count). The SMILES string of the molecule is C[C@@H]1O[C@@H](Cl)C[C@H](NC(=O)C(F)(F)F)[C@@H]1OC(=O)c1ccc([N+](=O)[O-])cc1. The van der Waals surface area contributed by atoms with Gasteiger partial charge in [-0.25, -0.2) is 4.79 Å². The van der Waals surface area contributed by atoms with E-state index in [1.807, 2.05) is 0 Å². The number of rotatable bonds is 4. The lowest BCUT2D eigenvalue weighted by atomic mass is 10.00. The molecule has 0 unspecified atom stereocenters. The Kier molecular flexibility index (Phi) is 6.26. The second-order valence-electron chi connectivity index (χ2n) is 5.74. The van der Waals surface area contributed by atoms with Crippen LogP contribution in [0.4, 0.5) is 18.9 Å². The standard InChI is InChI=1S/C15H14ClF3N2O6/c1-7-12(10(6-11(16)26-7)20-14(23)15(17,18)19)27-13(22)8-2-4-9(5-3-8)21(24)25/h2-5,7,10-12H,6H2,1H3,(H,20,23)/t7-,10-,11+,12+/m0/s1. The van der Waals surface area contributed by atoms with Crippen molar-refractivity contribution in [1.29, 1.82) is 0 Å². The molecule has 1 N–H and O–H groups in total. The molecule has 1 aliphatic heterocycles. The van der Waals surface area contributed by atoms with Crippen LogP contribution in [0.5, 0.6) is 0 Å². The number of nitro groups is 1. The number of nitro benzene ring substituents is 1. The summed E-state index contributed by atoms with van der Waals surface area (Å²) in [4.78, 5) is 33.4. The predicted octanol–water partition coefficient (Wildman–Crippen LogP) is 2.54. The molecule has 12 heteroatoms. The minimum atomic E-state index is -5.11. The highest BCUT2D eigenvalue weighted by Gasteiger charge is 2.45. The fraction of sp³-hybridized carbons (Fsp3) is 0.467. The summed E-state index contributed by atoms with van der Waals surface area (Å²) in [5.74, 6) is -3.13. The fourth-order valence-corrected chi connectivity index (χ4v) is 2.86. The molecule has 148 valence electrons. The van der Waals surface area contributed by atoms with Crippen LogP contribution in [0.15, 0.2) is 24.3 Å². The van der Waals surface area contributed by atoms with E-state index in [-0.39, 0.29) is 17.7 Å². The van der Waals surface area contributed by atoms with Crippen molar-refractivity contribution in [2.45, 2.75) is 43.3 Å². The molecule has 0 aliphatic carbocycles. The highest BCUT2D eigenvalue weighted by Crippen LogP contribution is 2.27. The molecule has 0 saturated carbocycles. The van der Waals surface area contributed by atoms with Crippen molar-refractivity contribution in [2.24, 2.45) is 0 Å². The monoisotopic (exact) mass is 410 g/mol. The first-order chi connectivity index (χ1) is 12.5. The third kappa shape index (κ3) is 5.30. The zero-order valence-electron chi connectivity index (χ0n) is 13.7. The molecule has 27 heavy (non-hydrogen) atoms. The lowest BCUT2D eigenvalue weighted by Crippen LogP contribution is -2.57. The maximum atomic E-state index is 12.5. The topological polar surface area (TPSA) is 108 Å². The van der Waals surface area contributed by atoms with Crippen molar-refractivity contribution < 1.29 is 37.2 Å². The number of carbonyl (C=O) groups excluding carboxylic acids is 2. The molecule has 1 aromatic carbocycles. The van der Waals surface area contributed by atoms with Gasteiger partial charge in [0.2, 0.25) is 0 Å². The van der Waals surface area contributed by atoms with E-state index in [0.29, 0.717) is 0 Å². The summed E-state index contributed by atoms with van der Waals surface area (Å²) in [7, 11) is 0. The van der Waals surface area contributed by atoms with E-state index in [1.54, 1.807) is 5.32 Å². The van der Waals surface area contributed by atoms with Gasteiger partial charge in [0.05, 0.1) is 22.6 Å². The Hall–Kier alpha value is -2.40. The Balaban J connectivity index is 2.15. The van der Waals surface area contributed by atoms with Crippen LogP contribution >= 0.6 is 11.6 Å². The van der Waals surface area contributed by atoms with Gasteiger partial charge >= 0.3 is 18.1 Å². The predicted molar refractivity (Wildman–Crippen MR) is 85.1 cm³/mol. The number of non-ortho nitro benzene ring substituents is 1. The number of amides is 1. The average molecular weight is 411 g/mol. The van der Waals surface area contributed by atoms with Gasteiger partial charge < -0.3 is 14.8 Å². The largest absolute Gasteiger partial charge is 0.471 e. The van der Waals surface area contributed by atoms with Gasteiger partial charge in [0.25, 0.3) is 5.69 Å². The molecule has 0 bridgehead atoms. The lowest BCUT2D eigenvalue weighted by molar-refractivity contribution is -0.384. The van der Waals surface area contributed by atoms with Gasteiger partial charge in [-0.15, -0.1) is 0 Å². The number of hydrogen-bond acceptors (Lipinski definition) is 6. The zero-order chi connectivity index (χ0) is 20.4. The summed E-state index contributed by atoms with van der Waals surface area (Å²) >= 11 is 5.81. The van der Waals surface area contributed by atoms with E-state index < -0.39 is 46.8 Å². The molecule has 1 aliphatic rings. The normalized spacial score (nSPS) is 25.5. The van der Waals surface area contributed by atoms with Crippen LogP contribution in [-0.2, 0) is 14.3 Å². The molecule has 0 aromatic heterocycles. The van der Waals surface area contributed by atoms with Crippen molar-refractivity contribution in [3.8, 4) is 0 Å². The van der Waals surface area contributed by atoms with E-state index >= 15 is 0 Å². The number of ether oxygens (including phenoxy) is 2. The van der Waals surface area contributed by atoms with Crippen LogP contribution in [0.25, 0.3) is 0 Å². The van der Waals surface area contributed by atoms with Crippen molar-refractivity contribution in [3.63, 3.8) is 0 Å². The second-order valence-corrected chi connectivity index (χ2v) is 6.23. The number of halogens is 4. The zero-order valence-corrected chi connectivity index (χ0v) is 14.5. The fourth-order valence-electron chi connectivity index (χ4n) is 2.51. The average Bonchev–Trinajstić information content (AvgIpc) is 2.56. The van der Waals surface area contributed by atoms with E-state index in [9.17, 15) is 32.9 Å². The third-order valence-corrected chi connectivity index (χ3v) is 4.07. The minimum absolute atomic E-state index is 0.0540. The first kappa shape index (κ1) is 20.9. The van der Waals surface area contributed by atoms with Crippen LogP contribution in [0.3, 0.4) is 0 Å². The number of esters is 1. The number of nitrogens with one attached hydrogen (secondary N) is 1. The van der Waals surface area contributed by atoms with Crippen LogP contribution in [-0.4, -0.2) is 46.8 Å². The summed E-state index contributed by atoms with van der Waals surface area (Å²) in [5, 5.41) is 12.4. The van der Waals surface area contributed by atoms with Crippen molar-refractivity contribution in [1.82, 2.24) is 5.32 Å². The number of hydrogen-bond donors (Lipinski definition) is 1. The summed E-state index contributed by atoms with van der Waals surface area (Å²) in [6.07, 6.45) is -7.47. The Morgan fingerprint density at radius 1 is 1.33 bits per heavy atom. The molecule has 1 amide bonds. The summed E-state index contributed by atoms with van der Waals surface area (Å²) in [6, 6.07) is 3.21. The van der Waals surface area contributed by atoms with Gasteiger partial charge in [0.15, 0.2) is 0 Å². The van der Waals surface area contributed by atoms with Gasteiger partial charge in [0.1, 0.15) is 11.7 Å². The van der Waals surface area contributed by atoms with Gasteiger partial charge in [-0.3, -0.25) is 14.9 Å². The summed E-state index contributed by atoms with van der Waals surface area (Å²) in [6.45, 7) is 1.43. The molecular weight excluding hydrogens is 397 g/mol. The number of nitrogens with zero attached hydrogens (tertiary/aromatic N) is 1. The van der Waals surface area contributed by atoms with Crippen molar-refractivity contribution in [2.75, 3.05) is 0 Å². The molecule has 1 fully saturated rings. The Morgan fingerprint density at radius 3 is 2.44 bits per heavy atom. The Morgan fingerprint density at radius 2 is 1.93 bits per heavy atom. The first-order valence-corrected chi connectivity index (χ1v) is 8.05. The van der Waals surface area contributed by atoms with Gasteiger partial charge in [-0.1, -0.05) is 11.6 Å². The molecule has 1 saturated heterocycles. The molecule has 1 heterocycles. The Bertz CT molecular complexity index is 727. The lowest BCUT2D eigenvalue weighted by Gasteiger charge is -2.38. The van der Waals surface area contributed by atoms with Gasteiger partial charge in [0, 0.05) is 18.6 Å². The van der Waals surface area contributed by atoms with Crippen molar-refractivity contribution in [3.05, 3.63) is 39.9 Å². The third-order valence-electron chi connectivity index (χ3n) is 3.79. The molecular formula is C15H14ClF3N2O6. The van der Waals surface area contributed by atoms with E-state index in [2.05, 4.69) is 0 Å². The highest BCUT2D eigenvalue weighted by atomic mass is 35.5. The van der Waals surface area contributed by atoms with E-state index in [0.717, 1.165) is 24.3 Å². The minimum Gasteiger partial charge on any atom is -0.454 e. The number of carbonyl (C=O) groups is 2. The van der Waals surface area contributed by atoms with Crippen LogP contribution < -0.4 is 5.32 Å². The van der Waals surface area contributed by atoms with Crippen LogP contribution in [0, 0.1) is 10.1 Å². The molecule has 1 aromatic rings. The van der Waals surface area contributed by atoms with Gasteiger partial charge in [-0.2, -0.15) is 13.2 Å². The molecule has 8 nitrogen and oxygen atoms in total. The second kappa shape index (κ2) is 8.09. The van der Waals surface area contributed by atoms with E-state index in [4.69, 9.17) is 21.1 Å². The maximum absolute atomic E-state index is 12.5. The van der Waals surface area contributed by atoms with E-state index in [1.165, 1.54) is 6.92 Å². The van der Waals surface area contributed by atoms with Crippen LogP contribution in [0.1, 0.15) is 23.7 Å². The molecule has 0 spiro atoms. The quantitative estimate of drug-likeness (QED) is 0.354. The molecule has 0 radical (unpaired) electrons. The van der Waals surface area contributed by atoms with Crippen molar-refractivity contribution >= 4 is 29.2 Å². The first-order valence-electron chi connectivity index (χ1n) is 7.61. The Labute approximate surface area is 155 Å². The van der Waals surface area contributed by atoms with Gasteiger partial charge in [-0.05, 0) is 19.1 Å². The highest BCUT2D eigenvalue weighted by molar-refractivity contribution is 6.19. The van der Waals surface area contributed by atoms with Crippen LogP contribution in [0.2, 0.25) is 0 Å². The summed E-state index contributed by atoms with van der Waals surface area (Å²) in [5.41, 5.74) is -1.28. The summed E-state index contributed by atoms with van der Waals surface area (Å²) < 4.78 is 48.0. The maximum Gasteiger partial charge on any atom is 0.471 e. The number of benzene rings is 1. The number of alkyl halides is 4. The smallest absolute Gasteiger partial charge is 0.454 e. The molecule has 4 atom stereocenters.